The third-order valence-corrected chi connectivity index (χ3v) is 3.28. The van der Waals surface area contributed by atoms with Crippen molar-refractivity contribution in [3.63, 3.8) is 0 Å². The molecule has 1 rings (SSSR count). The molecule has 0 saturated heterocycles. The first-order valence-corrected chi connectivity index (χ1v) is 7.98. The molecule has 0 amide bonds. The largest absolute Gasteiger partial charge is 0.381 e. The summed E-state index contributed by atoms with van der Waals surface area (Å²) in [4.78, 5) is 4.21. The molecule has 1 aromatic heterocycles. The second-order valence-electron chi connectivity index (χ2n) is 5.80. The van der Waals surface area contributed by atoms with Crippen LogP contribution in [0, 0.1) is 19.8 Å². The molecular formula is C16H30N4O2. The molecule has 0 unspecified atom stereocenters. The summed E-state index contributed by atoms with van der Waals surface area (Å²) in [5, 5.41) is 10.5. The molecule has 0 aliphatic heterocycles. The zero-order valence-corrected chi connectivity index (χ0v) is 14.5. The minimum Gasteiger partial charge on any atom is -0.381 e. The van der Waals surface area contributed by atoms with Crippen LogP contribution in [-0.2, 0) is 11.2 Å². The molecule has 0 aliphatic carbocycles. The van der Waals surface area contributed by atoms with Gasteiger partial charge in [0.25, 0.3) is 0 Å². The van der Waals surface area contributed by atoms with E-state index < -0.39 is 0 Å². The van der Waals surface area contributed by atoms with Crippen LogP contribution in [0.25, 0.3) is 0 Å². The second-order valence-corrected chi connectivity index (χ2v) is 5.80. The van der Waals surface area contributed by atoms with Crippen LogP contribution in [0.15, 0.2) is 9.52 Å². The lowest BCUT2D eigenvalue weighted by Crippen LogP contribution is -2.39. The van der Waals surface area contributed by atoms with Crippen molar-refractivity contribution >= 4 is 5.96 Å². The first-order valence-electron chi connectivity index (χ1n) is 7.98. The third-order valence-electron chi connectivity index (χ3n) is 3.28. The predicted molar refractivity (Wildman–Crippen MR) is 89.3 cm³/mol. The second kappa shape index (κ2) is 10.2. The van der Waals surface area contributed by atoms with Gasteiger partial charge < -0.3 is 19.9 Å². The highest BCUT2D eigenvalue weighted by Gasteiger charge is 2.08. The van der Waals surface area contributed by atoms with Crippen molar-refractivity contribution in [2.24, 2.45) is 10.9 Å². The minimum atomic E-state index is 0.590. The molecule has 0 atom stereocenters. The Morgan fingerprint density at radius 3 is 2.59 bits per heavy atom. The molecule has 6 nitrogen and oxygen atoms in total. The van der Waals surface area contributed by atoms with Crippen LogP contribution in [0.1, 0.15) is 37.3 Å². The lowest BCUT2D eigenvalue weighted by atomic mass is 10.1. The Bertz CT molecular complexity index is 435. The topological polar surface area (TPSA) is 71.7 Å². The monoisotopic (exact) mass is 310 g/mol. The van der Waals surface area contributed by atoms with Gasteiger partial charge in [0.1, 0.15) is 5.76 Å². The molecule has 1 heterocycles. The van der Waals surface area contributed by atoms with E-state index in [0.29, 0.717) is 5.92 Å². The SMILES string of the molecule is CN=C(NCCCOCC(C)C)NCCc1c(C)noc1C. The van der Waals surface area contributed by atoms with E-state index >= 15 is 0 Å². The van der Waals surface area contributed by atoms with Crippen molar-refractivity contribution < 1.29 is 9.26 Å². The molecular weight excluding hydrogens is 280 g/mol. The highest BCUT2D eigenvalue weighted by atomic mass is 16.5. The fourth-order valence-corrected chi connectivity index (χ4v) is 2.09. The maximum atomic E-state index is 5.55. The van der Waals surface area contributed by atoms with Crippen molar-refractivity contribution in [3.05, 3.63) is 17.0 Å². The van der Waals surface area contributed by atoms with Crippen LogP contribution in [0.2, 0.25) is 0 Å². The van der Waals surface area contributed by atoms with E-state index in [9.17, 15) is 0 Å². The number of rotatable bonds is 9. The van der Waals surface area contributed by atoms with Gasteiger partial charge in [-0.3, -0.25) is 4.99 Å². The van der Waals surface area contributed by atoms with Crippen molar-refractivity contribution in [3.8, 4) is 0 Å². The number of aliphatic imine (C=N–C) groups is 1. The smallest absolute Gasteiger partial charge is 0.190 e. The van der Waals surface area contributed by atoms with Gasteiger partial charge in [0.2, 0.25) is 0 Å². The van der Waals surface area contributed by atoms with Crippen molar-refractivity contribution in [2.75, 3.05) is 33.4 Å². The van der Waals surface area contributed by atoms with E-state index in [2.05, 4.69) is 34.6 Å². The average Bonchev–Trinajstić information content (AvgIpc) is 2.80. The third kappa shape index (κ3) is 6.93. The van der Waals surface area contributed by atoms with Gasteiger partial charge in [-0.2, -0.15) is 0 Å². The molecule has 2 N–H and O–H groups in total. The fraction of sp³-hybridized carbons (Fsp3) is 0.750. The lowest BCUT2D eigenvalue weighted by Gasteiger charge is -2.12. The molecule has 0 spiro atoms. The molecule has 6 heteroatoms. The molecule has 22 heavy (non-hydrogen) atoms. The highest BCUT2D eigenvalue weighted by molar-refractivity contribution is 5.79. The zero-order valence-electron chi connectivity index (χ0n) is 14.5. The lowest BCUT2D eigenvalue weighted by molar-refractivity contribution is 0.108. The minimum absolute atomic E-state index is 0.590. The molecule has 1 aromatic rings. The number of hydrogen-bond donors (Lipinski definition) is 2. The van der Waals surface area contributed by atoms with Crippen LogP contribution >= 0.6 is 0 Å². The summed E-state index contributed by atoms with van der Waals surface area (Å²) in [6.45, 7) is 11.5. The summed E-state index contributed by atoms with van der Waals surface area (Å²) < 4.78 is 10.7. The van der Waals surface area contributed by atoms with Gasteiger partial charge >= 0.3 is 0 Å². The van der Waals surface area contributed by atoms with E-state index in [-0.39, 0.29) is 0 Å². The predicted octanol–water partition coefficient (Wildman–Crippen LogP) is 2.06. The molecule has 0 fully saturated rings. The number of guanidine groups is 1. The van der Waals surface area contributed by atoms with Gasteiger partial charge in [-0.05, 0) is 32.6 Å². The fourth-order valence-electron chi connectivity index (χ4n) is 2.09. The first kappa shape index (κ1) is 18.5. The quantitative estimate of drug-likeness (QED) is 0.415. The Hall–Kier alpha value is -1.56. The molecule has 0 bridgehead atoms. The summed E-state index contributed by atoms with van der Waals surface area (Å²) in [5.41, 5.74) is 2.13. The summed E-state index contributed by atoms with van der Waals surface area (Å²) in [7, 11) is 1.78. The Labute approximate surface area is 133 Å². The van der Waals surface area contributed by atoms with Gasteiger partial charge in [-0.25, -0.2) is 0 Å². The Balaban J connectivity index is 2.15. The average molecular weight is 310 g/mol. The summed E-state index contributed by atoms with van der Waals surface area (Å²) in [6.07, 6.45) is 1.84. The van der Waals surface area contributed by atoms with Crippen molar-refractivity contribution in [2.45, 2.75) is 40.5 Å². The molecule has 0 aromatic carbocycles. The number of hydrogen-bond acceptors (Lipinski definition) is 4. The van der Waals surface area contributed by atoms with E-state index in [1.807, 2.05) is 13.8 Å². The summed E-state index contributed by atoms with van der Waals surface area (Å²) >= 11 is 0. The van der Waals surface area contributed by atoms with Gasteiger partial charge in [-0.15, -0.1) is 0 Å². The molecule has 126 valence electrons. The number of nitrogens with one attached hydrogen (secondary N) is 2. The summed E-state index contributed by atoms with van der Waals surface area (Å²) in [5.74, 6) is 2.30. The van der Waals surface area contributed by atoms with Gasteiger partial charge in [-0.1, -0.05) is 19.0 Å². The summed E-state index contributed by atoms with van der Waals surface area (Å²) in [6, 6.07) is 0. The number of aryl methyl sites for hydroxylation is 2. The normalized spacial score (nSPS) is 12.0. The highest BCUT2D eigenvalue weighted by Crippen LogP contribution is 2.11. The van der Waals surface area contributed by atoms with E-state index in [1.54, 1.807) is 7.05 Å². The molecule has 0 radical (unpaired) electrons. The molecule has 0 saturated carbocycles. The van der Waals surface area contributed by atoms with E-state index in [4.69, 9.17) is 9.26 Å². The maximum Gasteiger partial charge on any atom is 0.190 e. The van der Waals surface area contributed by atoms with Gasteiger partial charge in [0, 0.05) is 38.9 Å². The van der Waals surface area contributed by atoms with Crippen LogP contribution in [0.3, 0.4) is 0 Å². The van der Waals surface area contributed by atoms with E-state index in [1.165, 1.54) is 5.56 Å². The Morgan fingerprint density at radius 1 is 1.27 bits per heavy atom. The van der Waals surface area contributed by atoms with Crippen molar-refractivity contribution in [1.29, 1.82) is 0 Å². The number of nitrogens with zero attached hydrogens (tertiary/aromatic N) is 2. The maximum absolute atomic E-state index is 5.55. The zero-order chi connectivity index (χ0) is 16.4. The molecule has 0 aliphatic rings. The van der Waals surface area contributed by atoms with Crippen molar-refractivity contribution in [1.82, 2.24) is 15.8 Å². The van der Waals surface area contributed by atoms with Crippen LogP contribution in [-0.4, -0.2) is 44.5 Å². The Kier molecular flexibility index (Phi) is 8.58. The van der Waals surface area contributed by atoms with Gasteiger partial charge in [0.15, 0.2) is 5.96 Å². The standard InChI is InChI=1S/C16H30N4O2/c1-12(2)11-21-10-6-8-18-16(17-5)19-9-7-15-13(3)20-22-14(15)4/h12H,6-11H2,1-5H3,(H2,17,18,19). The van der Waals surface area contributed by atoms with Crippen LogP contribution in [0.5, 0.6) is 0 Å². The van der Waals surface area contributed by atoms with Crippen LogP contribution < -0.4 is 10.6 Å². The van der Waals surface area contributed by atoms with Crippen LogP contribution in [0.4, 0.5) is 0 Å². The number of aromatic nitrogens is 1. The van der Waals surface area contributed by atoms with E-state index in [0.717, 1.165) is 56.6 Å². The van der Waals surface area contributed by atoms with Gasteiger partial charge in [0.05, 0.1) is 5.69 Å². The number of ether oxygens (including phenoxy) is 1. The first-order chi connectivity index (χ1) is 10.5. The Morgan fingerprint density at radius 2 is 2.00 bits per heavy atom.